The maximum atomic E-state index is 9.82. The van der Waals surface area contributed by atoms with Gasteiger partial charge < -0.3 is 36.8 Å². The number of hydrogen-bond acceptors (Lipinski definition) is 12. The van der Waals surface area contributed by atoms with Crippen LogP contribution in [0.3, 0.4) is 0 Å². The second-order valence-electron chi connectivity index (χ2n) is 9.45. The Hall–Kier alpha value is -2.61. The van der Waals surface area contributed by atoms with Gasteiger partial charge in [-0.1, -0.05) is 12.1 Å². The van der Waals surface area contributed by atoms with Crippen molar-refractivity contribution in [2.24, 2.45) is 0 Å². The minimum Gasteiger partial charge on any atom is -0.395 e. The summed E-state index contributed by atoms with van der Waals surface area (Å²) in [5.74, 6) is 0.446. The number of hydrogen-bond donors (Lipinski definition) is 5. The number of aliphatic hydroxyl groups excluding tert-OH is 2. The van der Waals surface area contributed by atoms with E-state index in [-0.39, 0.29) is 31.2 Å². The number of rotatable bonds is 8. The first-order valence-electron chi connectivity index (χ1n) is 12.5. The van der Waals surface area contributed by atoms with E-state index in [1.165, 1.54) is 5.56 Å². The molecule has 1 fully saturated rings. The van der Waals surface area contributed by atoms with E-state index >= 15 is 0 Å². The van der Waals surface area contributed by atoms with Gasteiger partial charge in [0.1, 0.15) is 0 Å². The van der Waals surface area contributed by atoms with Crippen LogP contribution in [0.25, 0.3) is 0 Å². The summed E-state index contributed by atoms with van der Waals surface area (Å²) in [7, 11) is 4.32. The van der Waals surface area contributed by atoms with Crippen molar-refractivity contribution >= 4 is 23.5 Å². The normalized spacial score (nSPS) is 20.1. The van der Waals surface area contributed by atoms with Gasteiger partial charge >= 0.3 is 0 Å². The monoisotopic (exact) mass is 502 g/mol. The van der Waals surface area contributed by atoms with Crippen molar-refractivity contribution in [3.05, 3.63) is 29.8 Å². The van der Waals surface area contributed by atoms with Gasteiger partial charge in [-0.15, -0.1) is 0 Å². The van der Waals surface area contributed by atoms with Crippen LogP contribution in [0, 0.1) is 0 Å². The van der Waals surface area contributed by atoms with E-state index in [1.54, 1.807) is 0 Å². The molecule has 0 aliphatic carbocycles. The van der Waals surface area contributed by atoms with Crippen LogP contribution >= 0.6 is 0 Å². The number of nitrogens with two attached hydrogens (primary N) is 2. The molecule has 1 saturated heterocycles. The lowest BCUT2D eigenvalue weighted by molar-refractivity contribution is 0.0892. The number of anilines is 4. The van der Waals surface area contributed by atoms with Crippen LogP contribution in [-0.4, -0.2) is 137 Å². The molecule has 1 aliphatic rings. The summed E-state index contributed by atoms with van der Waals surface area (Å²) in [5, 5.41) is 22.5. The minimum atomic E-state index is 0.0703. The van der Waals surface area contributed by atoms with E-state index < -0.39 is 0 Å². The highest BCUT2D eigenvalue weighted by molar-refractivity contribution is 5.55. The Morgan fingerprint density at radius 2 is 1.44 bits per heavy atom. The molecule has 200 valence electrons. The Balaban J connectivity index is 1.73. The van der Waals surface area contributed by atoms with Gasteiger partial charge in [0, 0.05) is 70.6 Å². The van der Waals surface area contributed by atoms with Crippen LogP contribution in [0.2, 0.25) is 0 Å². The second-order valence-corrected chi connectivity index (χ2v) is 9.45. The molecule has 0 spiro atoms. The van der Waals surface area contributed by atoms with Crippen molar-refractivity contribution in [1.29, 1.82) is 0 Å². The smallest absolute Gasteiger partial charge is 0.233 e. The van der Waals surface area contributed by atoms with Gasteiger partial charge in [0.2, 0.25) is 17.8 Å². The zero-order valence-corrected chi connectivity index (χ0v) is 21.6. The van der Waals surface area contributed by atoms with E-state index in [9.17, 15) is 10.2 Å². The fourth-order valence-electron chi connectivity index (χ4n) is 4.47. The molecule has 2 aromatic rings. The molecule has 7 N–H and O–H groups in total. The molecule has 1 aliphatic heterocycles. The summed E-state index contributed by atoms with van der Waals surface area (Å²) < 4.78 is 0. The fraction of sp³-hybridized carbons (Fsp3) is 0.625. The molecular formula is C24H42N10O2. The number of nitrogens with zero attached hydrogens (tertiary/aromatic N) is 7. The van der Waals surface area contributed by atoms with Gasteiger partial charge in [0.15, 0.2) is 0 Å². The molecule has 36 heavy (non-hydrogen) atoms. The van der Waals surface area contributed by atoms with Crippen molar-refractivity contribution in [3.8, 4) is 0 Å². The zero-order chi connectivity index (χ0) is 25.9. The maximum Gasteiger partial charge on any atom is 0.233 e. The first-order valence-corrected chi connectivity index (χ1v) is 12.5. The molecule has 3 rings (SSSR count). The third-order valence-electron chi connectivity index (χ3n) is 6.56. The number of nitrogens with one attached hydrogen (secondary N) is 1. The van der Waals surface area contributed by atoms with E-state index in [0.717, 1.165) is 57.9 Å². The predicted octanol–water partition coefficient (Wildman–Crippen LogP) is -0.843. The summed E-state index contributed by atoms with van der Waals surface area (Å²) >= 11 is 0. The van der Waals surface area contributed by atoms with Crippen molar-refractivity contribution < 1.29 is 10.2 Å². The summed E-state index contributed by atoms with van der Waals surface area (Å²) in [6, 6.07) is 8.40. The van der Waals surface area contributed by atoms with Gasteiger partial charge in [-0.3, -0.25) is 9.80 Å². The molecule has 0 amide bonds. The molecule has 1 unspecified atom stereocenters. The molecule has 1 aromatic carbocycles. The van der Waals surface area contributed by atoms with E-state index in [2.05, 4.69) is 66.1 Å². The number of aliphatic hydroxyl groups is 2. The standard InChI is InChI=1S/C24H42N10O2/c1-31-7-8-32(2)18-21(34(14-16-36)12-11-33(10-9-31)13-15-35)17-19-3-5-20(6-4-19)27-24-29-22(25)28-23(26)30-24/h3-6,21,35-36H,7-18H2,1-2H3,(H5,25,26,27,28,29,30). The van der Waals surface area contributed by atoms with Crippen LogP contribution in [0.5, 0.6) is 0 Å². The highest BCUT2D eigenvalue weighted by Crippen LogP contribution is 2.18. The Morgan fingerprint density at radius 3 is 2.11 bits per heavy atom. The van der Waals surface area contributed by atoms with Gasteiger partial charge in [0.25, 0.3) is 0 Å². The maximum absolute atomic E-state index is 9.82. The van der Waals surface area contributed by atoms with Gasteiger partial charge in [-0.25, -0.2) is 0 Å². The van der Waals surface area contributed by atoms with Crippen LogP contribution in [0.1, 0.15) is 5.56 Å². The molecule has 0 bridgehead atoms. The largest absolute Gasteiger partial charge is 0.395 e. The molecule has 12 nitrogen and oxygen atoms in total. The molecule has 1 aromatic heterocycles. The van der Waals surface area contributed by atoms with E-state index in [0.29, 0.717) is 19.0 Å². The zero-order valence-electron chi connectivity index (χ0n) is 21.6. The van der Waals surface area contributed by atoms with E-state index in [1.807, 2.05) is 12.1 Å². The fourth-order valence-corrected chi connectivity index (χ4v) is 4.47. The summed E-state index contributed by atoms with van der Waals surface area (Å²) in [6.45, 7) is 8.00. The van der Waals surface area contributed by atoms with Crippen molar-refractivity contribution in [2.45, 2.75) is 12.5 Å². The second kappa shape index (κ2) is 14.2. The van der Waals surface area contributed by atoms with Crippen LogP contribution in [0.4, 0.5) is 23.5 Å². The minimum absolute atomic E-state index is 0.0703. The van der Waals surface area contributed by atoms with Gasteiger partial charge in [-0.2, -0.15) is 15.0 Å². The average Bonchev–Trinajstić information content (AvgIpc) is 2.83. The molecule has 0 radical (unpaired) electrons. The summed E-state index contributed by atoms with van der Waals surface area (Å²) in [5.41, 5.74) is 13.3. The number of aromatic nitrogens is 3. The van der Waals surface area contributed by atoms with Gasteiger partial charge in [0.05, 0.1) is 13.2 Å². The Labute approximate surface area is 213 Å². The average molecular weight is 503 g/mol. The number of β-amino-alcohol motifs (C(OH)–C–C–N with tert-alkyl or cyclic N) is 2. The third-order valence-corrected chi connectivity index (χ3v) is 6.56. The highest BCUT2D eigenvalue weighted by atomic mass is 16.3. The summed E-state index contributed by atoms with van der Waals surface area (Å²) in [6.07, 6.45) is 0.853. The van der Waals surface area contributed by atoms with Crippen molar-refractivity contribution in [3.63, 3.8) is 0 Å². The first-order chi connectivity index (χ1) is 17.4. The Kier molecular flexibility index (Phi) is 11.0. The lowest BCUT2D eigenvalue weighted by Crippen LogP contribution is -2.50. The molecule has 2 heterocycles. The number of likely N-dealkylation sites (N-methyl/N-ethyl adjacent to an activating group) is 2. The lowest BCUT2D eigenvalue weighted by atomic mass is 10.0. The quantitative estimate of drug-likeness (QED) is 0.305. The SMILES string of the molecule is CN1CCN(C)CC(Cc2ccc(Nc3nc(N)nc(N)n3)cc2)N(CCO)CCN(CCO)CC1. The van der Waals surface area contributed by atoms with Crippen molar-refractivity contribution in [2.75, 3.05) is 103 Å². The Morgan fingerprint density at radius 1 is 0.833 bits per heavy atom. The number of nitrogen functional groups attached to an aromatic ring is 2. The third kappa shape index (κ3) is 9.12. The Bertz CT molecular complexity index is 896. The van der Waals surface area contributed by atoms with Crippen LogP contribution in [-0.2, 0) is 6.42 Å². The predicted molar refractivity (Wildman–Crippen MR) is 143 cm³/mol. The molecule has 1 atom stereocenters. The van der Waals surface area contributed by atoms with Crippen molar-refractivity contribution in [1.82, 2.24) is 34.6 Å². The molecular weight excluding hydrogens is 460 g/mol. The van der Waals surface area contributed by atoms with Gasteiger partial charge in [-0.05, 0) is 38.2 Å². The lowest BCUT2D eigenvalue weighted by Gasteiger charge is -2.37. The number of benzene rings is 1. The summed E-state index contributed by atoms with van der Waals surface area (Å²) in [4.78, 5) is 21.3. The molecule has 0 saturated carbocycles. The highest BCUT2D eigenvalue weighted by Gasteiger charge is 2.22. The topological polar surface area (TPSA) is 156 Å². The van der Waals surface area contributed by atoms with Crippen LogP contribution < -0.4 is 16.8 Å². The first kappa shape index (κ1) is 28.0. The van der Waals surface area contributed by atoms with E-state index in [4.69, 9.17) is 11.5 Å². The van der Waals surface area contributed by atoms with Crippen LogP contribution in [0.15, 0.2) is 24.3 Å². The molecule has 12 heteroatoms.